The van der Waals surface area contributed by atoms with Crippen LogP contribution in [0.25, 0.3) is 11.2 Å². The SMILES string of the molecule is Nc1ncnc2c1ncn2[C@@H]1OC[C@@H](O)[C@H]1F. The number of fused-ring (bicyclic) bond motifs is 1. The van der Waals surface area contributed by atoms with Crippen LogP contribution in [0.1, 0.15) is 6.23 Å². The number of aliphatic hydroxyl groups excluding tert-OH is 1. The summed E-state index contributed by atoms with van der Waals surface area (Å²) >= 11 is 0. The zero-order chi connectivity index (χ0) is 12.0. The van der Waals surface area contributed by atoms with Crippen molar-refractivity contribution in [3.8, 4) is 0 Å². The van der Waals surface area contributed by atoms with E-state index in [0.29, 0.717) is 11.2 Å². The molecule has 2 aromatic heterocycles. The average molecular weight is 239 g/mol. The lowest BCUT2D eigenvalue weighted by Crippen LogP contribution is -2.23. The lowest BCUT2D eigenvalue weighted by Gasteiger charge is -2.14. The lowest BCUT2D eigenvalue weighted by atomic mass is 10.2. The van der Waals surface area contributed by atoms with E-state index in [1.54, 1.807) is 0 Å². The molecule has 3 heterocycles. The van der Waals surface area contributed by atoms with Crippen molar-refractivity contribution in [3.05, 3.63) is 12.7 Å². The van der Waals surface area contributed by atoms with Crippen LogP contribution >= 0.6 is 0 Å². The van der Waals surface area contributed by atoms with Gasteiger partial charge in [-0.2, -0.15) is 0 Å². The molecule has 0 aliphatic carbocycles. The number of imidazole rings is 1. The first-order chi connectivity index (χ1) is 8.18. The Hall–Kier alpha value is -1.80. The van der Waals surface area contributed by atoms with E-state index in [-0.39, 0.29) is 12.4 Å². The minimum Gasteiger partial charge on any atom is -0.387 e. The summed E-state index contributed by atoms with van der Waals surface area (Å²) in [5.74, 6) is 0.225. The van der Waals surface area contributed by atoms with Gasteiger partial charge in [0.25, 0.3) is 0 Å². The Morgan fingerprint density at radius 1 is 1.47 bits per heavy atom. The van der Waals surface area contributed by atoms with Crippen LogP contribution in [0, 0.1) is 0 Å². The number of ether oxygens (including phenoxy) is 1. The molecule has 0 bridgehead atoms. The van der Waals surface area contributed by atoms with Crippen molar-refractivity contribution in [2.45, 2.75) is 18.5 Å². The minimum absolute atomic E-state index is 0.0495. The van der Waals surface area contributed by atoms with Crippen molar-refractivity contribution in [1.29, 1.82) is 0 Å². The van der Waals surface area contributed by atoms with Gasteiger partial charge >= 0.3 is 0 Å². The van der Waals surface area contributed by atoms with E-state index in [1.807, 2.05) is 0 Å². The third-order valence-corrected chi connectivity index (χ3v) is 2.74. The monoisotopic (exact) mass is 239 g/mol. The molecule has 0 aromatic carbocycles. The fraction of sp³-hybridized carbons (Fsp3) is 0.444. The van der Waals surface area contributed by atoms with Crippen LogP contribution in [0.3, 0.4) is 0 Å². The van der Waals surface area contributed by atoms with Gasteiger partial charge in [0.2, 0.25) is 0 Å². The Labute approximate surface area is 95.1 Å². The summed E-state index contributed by atoms with van der Waals surface area (Å²) in [6, 6.07) is 0. The Kier molecular flexibility index (Phi) is 2.20. The third-order valence-electron chi connectivity index (χ3n) is 2.74. The molecule has 7 nitrogen and oxygen atoms in total. The quantitative estimate of drug-likeness (QED) is 0.704. The lowest BCUT2D eigenvalue weighted by molar-refractivity contribution is 0.0237. The molecule has 8 heteroatoms. The van der Waals surface area contributed by atoms with Crippen LogP contribution < -0.4 is 5.73 Å². The van der Waals surface area contributed by atoms with E-state index in [4.69, 9.17) is 10.5 Å². The van der Waals surface area contributed by atoms with Crippen molar-refractivity contribution >= 4 is 17.0 Å². The highest BCUT2D eigenvalue weighted by Gasteiger charge is 2.38. The number of alkyl halides is 1. The van der Waals surface area contributed by atoms with Crippen molar-refractivity contribution in [3.63, 3.8) is 0 Å². The summed E-state index contributed by atoms with van der Waals surface area (Å²) in [5, 5.41) is 9.30. The Balaban J connectivity index is 2.10. The minimum atomic E-state index is -1.51. The average Bonchev–Trinajstić information content (AvgIpc) is 2.86. The number of hydrogen-bond acceptors (Lipinski definition) is 6. The molecule has 90 valence electrons. The Bertz CT molecular complexity index is 559. The van der Waals surface area contributed by atoms with Gasteiger partial charge in [-0.25, -0.2) is 19.3 Å². The number of rotatable bonds is 1. The molecule has 0 amide bonds. The maximum atomic E-state index is 13.7. The summed E-state index contributed by atoms with van der Waals surface area (Å²) in [5.41, 5.74) is 6.40. The molecular weight excluding hydrogens is 229 g/mol. The van der Waals surface area contributed by atoms with Crippen molar-refractivity contribution < 1.29 is 14.2 Å². The summed E-state index contributed by atoms with van der Waals surface area (Å²) in [6.45, 7) is -0.0495. The molecule has 17 heavy (non-hydrogen) atoms. The first-order valence-corrected chi connectivity index (χ1v) is 5.05. The Morgan fingerprint density at radius 3 is 3.00 bits per heavy atom. The maximum Gasteiger partial charge on any atom is 0.173 e. The molecule has 1 fully saturated rings. The van der Waals surface area contributed by atoms with Crippen LogP contribution in [-0.4, -0.2) is 43.5 Å². The predicted octanol–water partition coefficient (Wildman–Crippen LogP) is -0.364. The number of anilines is 1. The molecule has 0 saturated carbocycles. The number of nitrogens with zero attached hydrogens (tertiary/aromatic N) is 4. The van der Waals surface area contributed by atoms with E-state index in [2.05, 4.69) is 15.0 Å². The second kappa shape index (κ2) is 3.60. The van der Waals surface area contributed by atoms with Gasteiger partial charge in [0.1, 0.15) is 17.9 Å². The number of nitrogen functional groups attached to an aromatic ring is 1. The van der Waals surface area contributed by atoms with E-state index < -0.39 is 18.5 Å². The van der Waals surface area contributed by atoms with Crippen LogP contribution in [0.2, 0.25) is 0 Å². The van der Waals surface area contributed by atoms with E-state index >= 15 is 0 Å². The van der Waals surface area contributed by atoms with Crippen molar-refractivity contribution in [2.75, 3.05) is 12.3 Å². The number of halogens is 1. The molecule has 1 aliphatic heterocycles. The molecule has 0 spiro atoms. The smallest absolute Gasteiger partial charge is 0.173 e. The zero-order valence-electron chi connectivity index (χ0n) is 8.69. The molecule has 3 rings (SSSR count). The second-order valence-corrected chi connectivity index (χ2v) is 3.82. The standard InChI is InChI=1S/C9H10FN5O2/c10-5-4(16)1-17-9(5)15-3-14-6-7(11)12-2-13-8(6)15/h2-5,9,16H,1H2,(H2,11,12,13)/t4-,5-,9-/m1/s1. The largest absolute Gasteiger partial charge is 0.387 e. The molecular formula is C9H10FN5O2. The second-order valence-electron chi connectivity index (χ2n) is 3.82. The van der Waals surface area contributed by atoms with E-state index in [1.165, 1.54) is 17.2 Å². The number of nitrogens with two attached hydrogens (primary N) is 1. The summed E-state index contributed by atoms with van der Waals surface area (Å²) in [4.78, 5) is 11.8. The van der Waals surface area contributed by atoms with Gasteiger partial charge in [-0.3, -0.25) is 4.57 Å². The molecule has 1 saturated heterocycles. The molecule has 2 aromatic rings. The first-order valence-electron chi connectivity index (χ1n) is 5.05. The molecule has 0 radical (unpaired) electrons. The molecule has 3 N–H and O–H groups in total. The van der Waals surface area contributed by atoms with Crippen LogP contribution in [0.4, 0.5) is 10.2 Å². The van der Waals surface area contributed by atoms with Crippen LogP contribution in [0.15, 0.2) is 12.7 Å². The summed E-state index contributed by atoms with van der Waals surface area (Å²) in [6.07, 6.45) is -0.913. The highest BCUT2D eigenvalue weighted by molar-refractivity contribution is 5.81. The highest BCUT2D eigenvalue weighted by atomic mass is 19.1. The Morgan fingerprint density at radius 2 is 2.29 bits per heavy atom. The first kappa shape index (κ1) is 10.4. The van der Waals surface area contributed by atoms with Gasteiger partial charge in [-0.1, -0.05) is 0 Å². The topological polar surface area (TPSA) is 99.1 Å². The third kappa shape index (κ3) is 1.45. The van der Waals surface area contributed by atoms with E-state index in [9.17, 15) is 9.50 Å². The van der Waals surface area contributed by atoms with Crippen molar-refractivity contribution in [1.82, 2.24) is 19.5 Å². The van der Waals surface area contributed by atoms with Gasteiger partial charge in [-0.15, -0.1) is 0 Å². The van der Waals surface area contributed by atoms with Crippen LogP contribution in [0.5, 0.6) is 0 Å². The predicted molar refractivity (Wildman–Crippen MR) is 55.6 cm³/mol. The number of aromatic nitrogens is 4. The van der Waals surface area contributed by atoms with Gasteiger partial charge < -0.3 is 15.6 Å². The molecule has 3 atom stereocenters. The normalized spacial score (nSPS) is 28.9. The molecule has 1 aliphatic rings. The van der Waals surface area contributed by atoms with Gasteiger partial charge in [0, 0.05) is 0 Å². The van der Waals surface area contributed by atoms with Crippen molar-refractivity contribution in [2.24, 2.45) is 0 Å². The molecule has 0 unspecified atom stereocenters. The van der Waals surface area contributed by atoms with E-state index in [0.717, 1.165) is 0 Å². The summed E-state index contributed by atoms with van der Waals surface area (Å²) < 4.78 is 20.3. The maximum absolute atomic E-state index is 13.7. The van der Waals surface area contributed by atoms with Crippen LogP contribution in [-0.2, 0) is 4.74 Å². The van der Waals surface area contributed by atoms with Gasteiger partial charge in [-0.05, 0) is 0 Å². The summed E-state index contributed by atoms with van der Waals surface area (Å²) in [7, 11) is 0. The number of hydrogen-bond donors (Lipinski definition) is 2. The fourth-order valence-corrected chi connectivity index (χ4v) is 1.86. The van der Waals surface area contributed by atoms with Gasteiger partial charge in [0.05, 0.1) is 12.9 Å². The fourth-order valence-electron chi connectivity index (χ4n) is 1.86. The van der Waals surface area contributed by atoms with Gasteiger partial charge in [0.15, 0.2) is 23.9 Å². The highest BCUT2D eigenvalue weighted by Crippen LogP contribution is 2.29. The number of aliphatic hydroxyl groups is 1. The zero-order valence-corrected chi connectivity index (χ0v) is 8.69.